The third-order valence-electron chi connectivity index (χ3n) is 6.25. The first kappa shape index (κ1) is 23.7. The molecule has 0 spiro atoms. The first-order chi connectivity index (χ1) is 16.5. The van der Waals surface area contributed by atoms with Crippen LogP contribution in [0.1, 0.15) is 34.3 Å². The number of nitrogens with zero attached hydrogens (tertiary/aromatic N) is 1. The molecule has 0 aliphatic carbocycles. The van der Waals surface area contributed by atoms with E-state index in [2.05, 4.69) is 0 Å². The minimum atomic E-state index is -1.02. The molecule has 0 saturated carbocycles. The largest absolute Gasteiger partial charge is 0.493 e. The second kappa shape index (κ2) is 10.2. The lowest BCUT2D eigenvalue weighted by Crippen LogP contribution is -2.21. The van der Waals surface area contributed by atoms with Gasteiger partial charge in [-0.25, -0.2) is 9.78 Å². The van der Waals surface area contributed by atoms with Crippen LogP contribution < -0.4 is 4.74 Å². The Labute approximate surface area is 197 Å². The Morgan fingerprint density at radius 1 is 1.12 bits per heavy atom. The maximum absolute atomic E-state index is 12.3. The van der Waals surface area contributed by atoms with Crippen molar-refractivity contribution in [2.45, 2.75) is 26.7 Å². The van der Waals surface area contributed by atoms with Crippen LogP contribution in [0.4, 0.5) is 0 Å². The molecule has 2 N–H and O–H groups in total. The number of hydrogen-bond donors (Lipinski definition) is 2. The maximum Gasteiger partial charge on any atom is 0.336 e. The van der Waals surface area contributed by atoms with Crippen LogP contribution in [0, 0.1) is 19.8 Å². The van der Waals surface area contributed by atoms with Crippen molar-refractivity contribution in [3.63, 3.8) is 0 Å². The second-order valence-electron chi connectivity index (χ2n) is 8.38. The molecule has 5 rings (SSSR count). The molecule has 7 nitrogen and oxygen atoms in total. The number of pyridine rings is 1. The molecule has 0 amide bonds. The summed E-state index contributed by atoms with van der Waals surface area (Å²) in [5.41, 5.74) is 3.86. The van der Waals surface area contributed by atoms with Crippen LogP contribution in [0.5, 0.6) is 5.75 Å². The van der Waals surface area contributed by atoms with Gasteiger partial charge in [0.25, 0.3) is 0 Å². The van der Waals surface area contributed by atoms with E-state index in [-0.39, 0.29) is 5.56 Å². The normalized spacial score (nSPS) is 14.1. The molecule has 0 unspecified atom stereocenters. The van der Waals surface area contributed by atoms with Crippen molar-refractivity contribution in [1.29, 1.82) is 0 Å². The van der Waals surface area contributed by atoms with Crippen LogP contribution in [-0.2, 0) is 4.74 Å². The van der Waals surface area contributed by atoms with Crippen LogP contribution in [0.15, 0.2) is 46.9 Å². The predicted molar refractivity (Wildman–Crippen MR) is 131 cm³/mol. The van der Waals surface area contributed by atoms with E-state index < -0.39 is 5.97 Å². The summed E-state index contributed by atoms with van der Waals surface area (Å²) < 4.78 is 17.6. The number of para-hydroxylation sites is 1. The van der Waals surface area contributed by atoms with Crippen molar-refractivity contribution in [3.8, 4) is 17.2 Å². The van der Waals surface area contributed by atoms with Crippen molar-refractivity contribution >= 4 is 27.8 Å². The average Bonchev–Trinajstić information content (AvgIpc) is 3.21. The number of ether oxygens (including phenoxy) is 2. The van der Waals surface area contributed by atoms with Crippen molar-refractivity contribution in [1.82, 2.24) is 4.98 Å². The van der Waals surface area contributed by atoms with E-state index in [1.54, 1.807) is 6.07 Å². The molecule has 2 aromatic carbocycles. The van der Waals surface area contributed by atoms with Gasteiger partial charge in [0, 0.05) is 31.3 Å². The number of fused-ring (bicyclic) bond motifs is 2. The van der Waals surface area contributed by atoms with E-state index in [0.29, 0.717) is 40.6 Å². The number of carboxylic acids is 1. The Bertz CT molecular complexity index is 1320. The summed E-state index contributed by atoms with van der Waals surface area (Å²) in [6.45, 7) is 5.91. The monoisotopic (exact) mass is 463 g/mol. The second-order valence-corrected chi connectivity index (χ2v) is 8.38. The van der Waals surface area contributed by atoms with Gasteiger partial charge in [-0.05, 0) is 56.4 Å². The van der Waals surface area contributed by atoms with Crippen LogP contribution in [-0.4, -0.2) is 48.1 Å². The summed E-state index contributed by atoms with van der Waals surface area (Å²) in [4.78, 5) is 17.1. The first-order valence-corrected chi connectivity index (χ1v) is 11.3. The number of furan rings is 1. The van der Waals surface area contributed by atoms with Crippen molar-refractivity contribution in [2.24, 2.45) is 5.92 Å². The number of rotatable bonds is 5. The van der Waals surface area contributed by atoms with Gasteiger partial charge < -0.3 is 24.1 Å². The van der Waals surface area contributed by atoms with Crippen LogP contribution >= 0.6 is 0 Å². The van der Waals surface area contributed by atoms with Gasteiger partial charge in [-0.15, -0.1) is 0 Å². The van der Waals surface area contributed by atoms with Crippen molar-refractivity contribution in [3.05, 3.63) is 59.2 Å². The molecule has 178 valence electrons. The quantitative estimate of drug-likeness (QED) is 0.410. The molecule has 1 aliphatic heterocycles. The Morgan fingerprint density at radius 2 is 1.85 bits per heavy atom. The summed E-state index contributed by atoms with van der Waals surface area (Å²) in [6, 6.07) is 13.1. The summed E-state index contributed by atoms with van der Waals surface area (Å²) >= 11 is 0. The van der Waals surface area contributed by atoms with Gasteiger partial charge in [0.1, 0.15) is 17.0 Å². The van der Waals surface area contributed by atoms with Gasteiger partial charge in [-0.2, -0.15) is 0 Å². The molecular formula is C27H29NO6. The Hall–Kier alpha value is -3.42. The highest BCUT2D eigenvalue weighted by atomic mass is 16.5. The minimum Gasteiger partial charge on any atom is -0.493 e. The van der Waals surface area contributed by atoms with E-state index >= 15 is 0 Å². The number of aliphatic hydroxyl groups excluding tert-OH is 1. The number of aliphatic hydroxyl groups is 1. The molecule has 1 aliphatic rings. The van der Waals surface area contributed by atoms with Crippen LogP contribution in [0.25, 0.3) is 33.3 Å². The number of carboxylic acid groups (broad SMARTS) is 1. The zero-order valence-electron chi connectivity index (χ0n) is 19.6. The number of aryl methyl sites for hydroxylation is 2. The SMILES string of the molecule is CO.Cc1c(-c2cc(C(=O)O)c3c(OCC4CCOCC4)ccc(C)c3n2)oc2ccccc12. The van der Waals surface area contributed by atoms with Crippen molar-refractivity contribution in [2.75, 3.05) is 26.9 Å². The van der Waals surface area contributed by atoms with Gasteiger partial charge in [0.05, 0.1) is 23.1 Å². The summed E-state index contributed by atoms with van der Waals surface area (Å²) in [7, 11) is 1.00. The van der Waals surface area contributed by atoms with E-state index in [4.69, 9.17) is 24.0 Å². The van der Waals surface area contributed by atoms with Gasteiger partial charge in [0.2, 0.25) is 0 Å². The number of hydrogen-bond acceptors (Lipinski definition) is 6. The summed E-state index contributed by atoms with van der Waals surface area (Å²) in [6.07, 6.45) is 1.90. The third kappa shape index (κ3) is 4.49. The Kier molecular flexibility index (Phi) is 7.14. The van der Waals surface area contributed by atoms with Crippen molar-refractivity contribution < 1.29 is 28.9 Å². The number of aromatic nitrogens is 1. The van der Waals surface area contributed by atoms with E-state index in [1.165, 1.54) is 0 Å². The maximum atomic E-state index is 12.3. The Morgan fingerprint density at radius 3 is 2.56 bits per heavy atom. The minimum absolute atomic E-state index is 0.163. The highest BCUT2D eigenvalue weighted by Gasteiger charge is 2.22. The lowest BCUT2D eigenvalue weighted by Gasteiger charge is -2.23. The fraction of sp³-hybridized carbons (Fsp3) is 0.333. The standard InChI is InChI=1S/C26H25NO5.CH4O/c1-15-7-8-22(31-14-17-9-11-30-12-10-17)23-19(26(28)29)13-20(27-24(15)23)25-16(2)18-5-3-4-6-21(18)32-25;1-2/h3-8,13,17H,9-12,14H2,1-2H3,(H,28,29);2H,1H3. The molecule has 0 atom stereocenters. The molecule has 0 bridgehead atoms. The highest BCUT2D eigenvalue weighted by Crippen LogP contribution is 2.37. The molecule has 4 aromatic rings. The molecule has 1 saturated heterocycles. The molecule has 3 heterocycles. The van der Waals surface area contributed by atoms with Gasteiger partial charge in [-0.3, -0.25) is 0 Å². The van der Waals surface area contributed by atoms with E-state index in [9.17, 15) is 9.90 Å². The topological polar surface area (TPSA) is 102 Å². The third-order valence-corrected chi connectivity index (χ3v) is 6.25. The summed E-state index contributed by atoms with van der Waals surface area (Å²) in [5.74, 6) is 0.520. The fourth-order valence-electron chi connectivity index (χ4n) is 4.39. The van der Waals surface area contributed by atoms with E-state index in [0.717, 1.165) is 55.3 Å². The number of carbonyl (C=O) groups is 1. The lowest BCUT2D eigenvalue weighted by molar-refractivity contribution is 0.0500. The zero-order valence-corrected chi connectivity index (χ0v) is 19.6. The molecule has 2 aromatic heterocycles. The molecule has 7 heteroatoms. The fourth-order valence-corrected chi connectivity index (χ4v) is 4.39. The van der Waals surface area contributed by atoms with Crippen LogP contribution in [0.3, 0.4) is 0 Å². The molecule has 0 radical (unpaired) electrons. The van der Waals surface area contributed by atoms with Gasteiger partial charge in [-0.1, -0.05) is 24.3 Å². The molecular weight excluding hydrogens is 434 g/mol. The van der Waals surface area contributed by atoms with Gasteiger partial charge in [0.15, 0.2) is 5.76 Å². The number of aromatic carboxylic acids is 1. The number of benzene rings is 2. The lowest BCUT2D eigenvalue weighted by atomic mass is 10.0. The predicted octanol–water partition coefficient (Wildman–Crippen LogP) is 5.38. The smallest absolute Gasteiger partial charge is 0.336 e. The molecule has 34 heavy (non-hydrogen) atoms. The zero-order chi connectivity index (χ0) is 24.2. The summed E-state index contributed by atoms with van der Waals surface area (Å²) in [5, 5.41) is 18.6. The Balaban J connectivity index is 0.00000133. The van der Waals surface area contributed by atoms with Gasteiger partial charge >= 0.3 is 5.97 Å². The highest BCUT2D eigenvalue weighted by molar-refractivity contribution is 6.07. The first-order valence-electron chi connectivity index (χ1n) is 11.3. The van der Waals surface area contributed by atoms with Crippen LogP contribution in [0.2, 0.25) is 0 Å². The van der Waals surface area contributed by atoms with E-state index in [1.807, 2.05) is 50.2 Å². The molecule has 1 fully saturated rings. The average molecular weight is 464 g/mol.